The van der Waals surface area contributed by atoms with Crippen molar-refractivity contribution >= 4 is 5.96 Å². The van der Waals surface area contributed by atoms with Crippen LogP contribution in [0.15, 0.2) is 65.8 Å². The molecule has 7 heteroatoms. The Morgan fingerprint density at radius 1 is 1.07 bits per heavy atom. The molecule has 3 rings (SSSR count). The normalized spacial score (nSPS) is 11.1. The number of nitrogens with one attached hydrogen (secondary N) is 2. The van der Waals surface area contributed by atoms with Crippen LogP contribution < -0.4 is 20.1 Å². The molecule has 0 atom stereocenters. The van der Waals surface area contributed by atoms with Crippen LogP contribution in [0.5, 0.6) is 17.4 Å². The summed E-state index contributed by atoms with van der Waals surface area (Å²) >= 11 is 0. The predicted octanol–water partition coefficient (Wildman–Crippen LogP) is 4.20. The Bertz CT molecular complexity index is 1010. The first kappa shape index (κ1) is 21.1. The number of rotatable bonds is 7. The minimum absolute atomic E-state index is 0.351. The van der Waals surface area contributed by atoms with Crippen LogP contribution in [0.3, 0.4) is 0 Å². The molecule has 0 saturated carbocycles. The monoisotopic (exact) mass is 408 g/mol. The van der Waals surface area contributed by atoms with Crippen LogP contribution >= 0.6 is 0 Å². The summed E-state index contributed by atoms with van der Waals surface area (Å²) in [6, 6.07) is 15.7. The van der Waals surface area contributed by atoms with Crippen LogP contribution in [0.4, 0.5) is 4.39 Å². The number of aliphatic imine (C=N–C) groups is 1. The molecule has 156 valence electrons. The van der Waals surface area contributed by atoms with Crippen molar-refractivity contribution < 1.29 is 13.9 Å². The maximum Gasteiger partial charge on any atom is 0.219 e. The van der Waals surface area contributed by atoms with E-state index >= 15 is 0 Å². The van der Waals surface area contributed by atoms with E-state index in [0.717, 1.165) is 22.4 Å². The number of benzene rings is 2. The van der Waals surface area contributed by atoms with Gasteiger partial charge in [-0.05, 0) is 36.2 Å². The Balaban J connectivity index is 1.52. The minimum Gasteiger partial charge on any atom is -0.496 e. The van der Waals surface area contributed by atoms with Crippen LogP contribution in [-0.4, -0.2) is 25.1 Å². The van der Waals surface area contributed by atoms with Crippen molar-refractivity contribution in [1.29, 1.82) is 0 Å². The van der Waals surface area contributed by atoms with Crippen LogP contribution in [0.1, 0.15) is 16.7 Å². The van der Waals surface area contributed by atoms with Gasteiger partial charge in [0.1, 0.15) is 17.3 Å². The Hall–Kier alpha value is -3.61. The standard InChI is InChI=1S/C23H25FN4O2/c1-16-7-9-18(21(11-16)29-3)15-28-23(25-2)27-14-17-8-10-22(26-13-17)30-20-6-4-5-19(24)12-20/h4-13H,14-15H2,1-3H3,(H2,25,27,28). The summed E-state index contributed by atoms with van der Waals surface area (Å²) in [4.78, 5) is 8.52. The zero-order valence-electron chi connectivity index (χ0n) is 17.3. The molecule has 0 aliphatic heterocycles. The van der Waals surface area contributed by atoms with Crippen molar-refractivity contribution in [3.05, 3.63) is 83.3 Å². The summed E-state index contributed by atoms with van der Waals surface area (Å²) in [6.07, 6.45) is 1.71. The largest absolute Gasteiger partial charge is 0.496 e. The van der Waals surface area contributed by atoms with Crippen molar-refractivity contribution in [2.45, 2.75) is 20.0 Å². The highest BCUT2D eigenvalue weighted by Gasteiger charge is 2.06. The summed E-state index contributed by atoms with van der Waals surface area (Å²) in [5.41, 5.74) is 3.15. The van der Waals surface area contributed by atoms with E-state index < -0.39 is 0 Å². The lowest BCUT2D eigenvalue weighted by Gasteiger charge is -2.14. The van der Waals surface area contributed by atoms with Crippen molar-refractivity contribution in [2.75, 3.05) is 14.2 Å². The number of guanidine groups is 1. The maximum atomic E-state index is 13.2. The SMILES string of the molecule is CN=C(NCc1ccc(Oc2cccc(F)c2)nc1)NCc1ccc(C)cc1OC. The molecule has 2 aromatic carbocycles. The van der Waals surface area contributed by atoms with Gasteiger partial charge in [0.25, 0.3) is 0 Å². The third-order valence-corrected chi connectivity index (χ3v) is 4.39. The van der Waals surface area contributed by atoms with E-state index in [2.05, 4.69) is 26.7 Å². The van der Waals surface area contributed by atoms with Gasteiger partial charge < -0.3 is 20.1 Å². The van der Waals surface area contributed by atoms with E-state index in [0.29, 0.717) is 30.7 Å². The molecule has 30 heavy (non-hydrogen) atoms. The second-order valence-corrected chi connectivity index (χ2v) is 6.66. The molecule has 0 unspecified atom stereocenters. The van der Waals surface area contributed by atoms with Crippen LogP contribution in [0, 0.1) is 12.7 Å². The number of nitrogens with zero attached hydrogens (tertiary/aromatic N) is 2. The molecule has 0 radical (unpaired) electrons. The van der Waals surface area contributed by atoms with Crippen molar-refractivity contribution in [1.82, 2.24) is 15.6 Å². The summed E-state index contributed by atoms with van der Waals surface area (Å²) < 4.78 is 24.2. The van der Waals surface area contributed by atoms with E-state index in [9.17, 15) is 4.39 Å². The molecule has 3 aromatic rings. The topological polar surface area (TPSA) is 67.8 Å². The van der Waals surface area contributed by atoms with Crippen molar-refractivity contribution in [2.24, 2.45) is 4.99 Å². The van der Waals surface area contributed by atoms with E-state index in [1.807, 2.05) is 25.1 Å². The number of hydrogen-bond donors (Lipinski definition) is 2. The first-order valence-electron chi connectivity index (χ1n) is 9.54. The van der Waals surface area contributed by atoms with Gasteiger partial charge in [-0.3, -0.25) is 4.99 Å². The van der Waals surface area contributed by atoms with E-state index in [1.165, 1.54) is 12.1 Å². The van der Waals surface area contributed by atoms with Gasteiger partial charge in [0.2, 0.25) is 5.88 Å². The Morgan fingerprint density at radius 2 is 1.90 bits per heavy atom. The number of aryl methyl sites for hydroxylation is 1. The maximum absolute atomic E-state index is 13.2. The number of methoxy groups -OCH3 is 1. The molecular formula is C23H25FN4O2. The fourth-order valence-corrected chi connectivity index (χ4v) is 2.81. The van der Waals surface area contributed by atoms with E-state index in [4.69, 9.17) is 9.47 Å². The number of pyridine rings is 1. The molecule has 0 spiro atoms. The molecule has 1 aromatic heterocycles. The summed E-state index contributed by atoms with van der Waals surface area (Å²) in [6.45, 7) is 3.16. The zero-order valence-corrected chi connectivity index (χ0v) is 17.3. The average molecular weight is 408 g/mol. The summed E-state index contributed by atoms with van der Waals surface area (Å²) in [5.74, 6) is 1.96. The molecule has 0 aliphatic carbocycles. The molecular weight excluding hydrogens is 383 g/mol. The Kier molecular flexibility index (Phi) is 7.21. The second kappa shape index (κ2) is 10.2. The number of halogens is 1. The number of hydrogen-bond acceptors (Lipinski definition) is 4. The molecule has 0 aliphatic rings. The highest BCUT2D eigenvalue weighted by Crippen LogP contribution is 2.20. The van der Waals surface area contributed by atoms with Gasteiger partial charge in [0, 0.05) is 44.0 Å². The molecule has 6 nitrogen and oxygen atoms in total. The first-order chi connectivity index (χ1) is 14.6. The molecule has 0 saturated heterocycles. The fourth-order valence-electron chi connectivity index (χ4n) is 2.81. The van der Waals surface area contributed by atoms with Gasteiger partial charge in [0.05, 0.1) is 7.11 Å². The van der Waals surface area contributed by atoms with Gasteiger partial charge in [-0.2, -0.15) is 0 Å². The van der Waals surface area contributed by atoms with Gasteiger partial charge in [-0.15, -0.1) is 0 Å². The van der Waals surface area contributed by atoms with Gasteiger partial charge >= 0.3 is 0 Å². The van der Waals surface area contributed by atoms with E-state index in [1.54, 1.807) is 38.6 Å². The number of aromatic nitrogens is 1. The van der Waals surface area contributed by atoms with Crippen LogP contribution in [-0.2, 0) is 13.1 Å². The molecule has 1 heterocycles. The zero-order chi connectivity index (χ0) is 21.3. The van der Waals surface area contributed by atoms with Crippen LogP contribution in [0.25, 0.3) is 0 Å². The van der Waals surface area contributed by atoms with E-state index in [-0.39, 0.29) is 5.82 Å². The smallest absolute Gasteiger partial charge is 0.219 e. The highest BCUT2D eigenvalue weighted by molar-refractivity contribution is 5.79. The van der Waals surface area contributed by atoms with Gasteiger partial charge in [0.15, 0.2) is 5.96 Å². The molecule has 0 amide bonds. The Morgan fingerprint density at radius 3 is 2.60 bits per heavy atom. The second-order valence-electron chi connectivity index (χ2n) is 6.66. The third-order valence-electron chi connectivity index (χ3n) is 4.39. The summed E-state index contributed by atoms with van der Waals surface area (Å²) in [7, 11) is 3.38. The Labute approximate surface area is 175 Å². The van der Waals surface area contributed by atoms with Crippen LogP contribution in [0.2, 0.25) is 0 Å². The molecule has 0 bridgehead atoms. The lowest BCUT2D eigenvalue weighted by atomic mass is 10.1. The molecule has 0 fully saturated rings. The van der Waals surface area contributed by atoms with Gasteiger partial charge in [-0.25, -0.2) is 9.37 Å². The highest BCUT2D eigenvalue weighted by atomic mass is 19.1. The quantitative estimate of drug-likeness (QED) is 0.453. The predicted molar refractivity (Wildman–Crippen MR) is 115 cm³/mol. The average Bonchev–Trinajstić information content (AvgIpc) is 2.75. The first-order valence-corrected chi connectivity index (χ1v) is 9.54. The third kappa shape index (κ3) is 5.94. The number of ether oxygens (including phenoxy) is 2. The van der Waals surface area contributed by atoms with Crippen molar-refractivity contribution in [3.8, 4) is 17.4 Å². The molecule has 2 N–H and O–H groups in total. The fraction of sp³-hybridized carbons (Fsp3) is 0.217. The summed E-state index contributed by atoms with van der Waals surface area (Å²) in [5, 5.41) is 6.53. The van der Waals surface area contributed by atoms with Crippen molar-refractivity contribution in [3.63, 3.8) is 0 Å². The minimum atomic E-state index is -0.351. The van der Waals surface area contributed by atoms with Gasteiger partial charge in [-0.1, -0.05) is 24.3 Å². The lowest BCUT2D eigenvalue weighted by molar-refractivity contribution is 0.408. The lowest BCUT2D eigenvalue weighted by Crippen LogP contribution is -2.36.